The number of hydrogen-bond acceptors (Lipinski definition) is 5. The SMILES string of the molecule is CNc1c(N)cc(S(=O)(=O)O)cc1C(=O)O. The molecule has 0 amide bonds. The maximum Gasteiger partial charge on any atom is 0.337 e. The Bertz CT molecular complexity index is 538. The van der Waals surface area contributed by atoms with Crippen molar-refractivity contribution in [1.29, 1.82) is 0 Å². The second-order valence-corrected chi connectivity index (χ2v) is 4.39. The lowest BCUT2D eigenvalue weighted by atomic mass is 10.1. The van der Waals surface area contributed by atoms with Crippen molar-refractivity contribution >= 4 is 27.5 Å². The molecule has 0 radical (unpaired) electrons. The van der Waals surface area contributed by atoms with E-state index in [1.54, 1.807) is 0 Å². The zero-order chi connectivity index (χ0) is 12.5. The van der Waals surface area contributed by atoms with E-state index in [2.05, 4.69) is 5.32 Å². The maximum absolute atomic E-state index is 10.8. The Kier molecular flexibility index (Phi) is 3.06. The molecule has 16 heavy (non-hydrogen) atoms. The predicted molar refractivity (Wildman–Crippen MR) is 57.2 cm³/mol. The van der Waals surface area contributed by atoms with Crippen LogP contribution in [0.3, 0.4) is 0 Å². The molecule has 0 aliphatic carbocycles. The lowest BCUT2D eigenvalue weighted by Gasteiger charge is -2.10. The molecule has 88 valence electrons. The van der Waals surface area contributed by atoms with E-state index < -0.39 is 21.0 Å². The summed E-state index contributed by atoms with van der Waals surface area (Å²) in [5, 5.41) is 11.4. The van der Waals surface area contributed by atoms with E-state index in [4.69, 9.17) is 15.4 Å². The molecule has 8 heteroatoms. The van der Waals surface area contributed by atoms with E-state index in [-0.39, 0.29) is 16.9 Å². The van der Waals surface area contributed by atoms with Gasteiger partial charge in [0.1, 0.15) is 0 Å². The average Bonchev–Trinajstić information content (AvgIpc) is 2.14. The number of anilines is 2. The molecule has 0 unspecified atom stereocenters. The highest BCUT2D eigenvalue weighted by Crippen LogP contribution is 2.27. The normalized spacial score (nSPS) is 11.1. The van der Waals surface area contributed by atoms with Gasteiger partial charge in [0.05, 0.1) is 21.8 Å². The van der Waals surface area contributed by atoms with Crippen molar-refractivity contribution in [3.8, 4) is 0 Å². The van der Waals surface area contributed by atoms with Crippen molar-refractivity contribution in [3.05, 3.63) is 17.7 Å². The van der Waals surface area contributed by atoms with Crippen LogP contribution in [0.5, 0.6) is 0 Å². The third-order valence-corrected chi connectivity index (χ3v) is 2.75. The van der Waals surface area contributed by atoms with Gasteiger partial charge in [0.15, 0.2) is 0 Å². The maximum atomic E-state index is 10.8. The van der Waals surface area contributed by atoms with Gasteiger partial charge in [-0.15, -0.1) is 0 Å². The molecule has 0 spiro atoms. The number of benzene rings is 1. The van der Waals surface area contributed by atoms with Crippen molar-refractivity contribution < 1.29 is 22.9 Å². The Balaban J connectivity index is 3.59. The fourth-order valence-electron chi connectivity index (χ4n) is 1.23. The molecule has 0 fully saturated rings. The summed E-state index contributed by atoms with van der Waals surface area (Å²) in [7, 11) is -3.03. The van der Waals surface area contributed by atoms with Gasteiger partial charge >= 0.3 is 5.97 Å². The van der Waals surface area contributed by atoms with Crippen LogP contribution in [-0.2, 0) is 10.1 Å². The van der Waals surface area contributed by atoms with Gasteiger partial charge in [0.2, 0.25) is 0 Å². The number of carboxylic acid groups (broad SMARTS) is 1. The van der Waals surface area contributed by atoms with Crippen LogP contribution >= 0.6 is 0 Å². The third kappa shape index (κ3) is 2.23. The Hall–Kier alpha value is -1.80. The largest absolute Gasteiger partial charge is 0.478 e. The molecular formula is C8H10N2O5S. The van der Waals surface area contributed by atoms with Gasteiger partial charge in [-0.1, -0.05) is 0 Å². The molecule has 0 aromatic heterocycles. The van der Waals surface area contributed by atoms with Crippen LogP contribution in [0.2, 0.25) is 0 Å². The highest BCUT2D eigenvalue weighted by molar-refractivity contribution is 7.85. The fraction of sp³-hybridized carbons (Fsp3) is 0.125. The van der Waals surface area contributed by atoms with Crippen LogP contribution in [0.4, 0.5) is 11.4 Å². The van der Waals surface area contributed by atoms with Crippen molar-refractivity contribution in [2.45, 2.75) is 4.90 Å². The first-order valence-electron chi connectivity index (χ1n) is 4.09. The van der Waals surface area contributed by atoms with Gasteiger partial charge in [-0.3, -0.25) is 4.55 Å². The molecule has 0 atom stereocenters. The van der Waals surface area contributed by atoms with Crippen molar-refractivity contribution in [1.82, 2.24) is 0 Å². The van der Waals surface area contributed by atoms with Crippen LogP contribution in [0.25, 0.3) is 0 Å². The second-order valence-electron chi connectivity index (χ2n) is 2.97. The first-order valence-corrected chi connectivity index (χ1v) is 5.53. The number of nitrogens with one attached hydrogen (secondary N) is 1. The first kappa shape index (κ1) is 12.3. The molecule has 0 aliphatic heterocycles. The molecule has 0 heterocycles. The van der Waals surface area contributed by atoms with Crippen molar-refractivity contribution in [3.63, 3.8) is 0 Å². The summed E-state index contributed by atoms with van der Waals surface area (Å²) in [6.45, 7) is 0. The highest BCUT2D eigenvalue weighted by atomic mass is 32.2. The first-order chi connectivity index (χ1) is 7.27. The fourth-order valence-corrected chi connectivity index (χ4v) is 1.78. The van der Waals surface area contributed by atoms with E-state index in [0.29, 0.717) is 0 Å². The van der Waals surface area contributed by atoms with Gasteiger partial charge < -0.3 is 16.2 Å². The van der Waals surface area contributed by atoms with E-state index in [9.17, 15) is 13.2 Å². The van der Waals surface area contributed by atoms with E-state index in [1.807, 2.05) is 0 Å². The second kappa shape index (κ2) is 3.99. The smallest absolute Gasteiger partial charge is 0.337 e. The summed E-state index contributed by atoms with van der Waals surface area (Å²) >= 11 is 0. The standard InChI is InChI=1S/C8H10N2O5S/c1-10-7-5(8(11)12)2-4(3-6(7)9)16(13,14)15/h2-3,10H,9H2,1H3,(H,11,12)(H,13,14,15). The summed E-state index contributed by atoms with van der Waals surface area (Å²) in [4.78, 5) is 10.3. The minimum atomic E-state index is -4.48. The van der Waals surface area contributed by atoms with Gasteiger partial charge in [-0.05, 0) is 12.1 Å². The number of aromatic carboxylic acids is 1. The monoisotopic (exact) mass is 246 g/mol. The van der Waals surface area contributed by atoms with Crippen LogP contribution in [0.15, 0.2) is 17.0 Å². The lowest BCUT2D eigenvalue weighted by molar-refractivity contribution is 0.0697. The van der Waals surface area contributed by atoms with Gasteiger partial charge in [-0.2, -0.15) is 8.42 Å². The Labute approximate surface area is 91.6 Å². The molecule has 0 aliphatic rings. The molecule has 7 nitrogen and oxygen atoms in total. The molecule has 0 bridgehead atoms. The van der Waals surface area contributed by atoms with Crippen LogP contribution in [-0.4, -0.2) is 31.1 Å². The third-order valence-electron chi connectivity index (χ3n) is 1.92. The Morgan fingerprint density at radius 1 is 1.44 bits per heavy atom. The number of nitrogen functional groups attached to an aromatic ring is 1. The number of nitrogens with two attached hydrogens (primary N) is 1. The summed E-state index contributed by atoms with van der Waals surface area (Å²) in [5.74, 6) is -1.35. The molecule has 0 saturated carbocycles. The minimum Gasteiger partial charge on any atom is -0.478 e. The van der Waals surface area contributed by atoms with E-state index in [0.717, 1.165) is 12.1 Å². The van der Waals surface area contributed by atoms with E-state index in [1.165, 1.54) is 7.05 Å². The van der Waals surface area contributed by atoms with Crippen LogP contribution < -0.4 is 11.1 Å². The number of carbonyl (C=O) groups is 1. The minimum absolute atomic E-state index is 0.0741. The summed E-state index contributed by atoms with van der Waals surface area (Å²) in [6, 6.07) is 1.81. The number of hydrogen-bond donors (Lipinski definition) is 4. The zero-order valence-electron chi connectivity index (χ0n) is 8.26. The van der Waals surface area contributed by atoms with E-state index >= 15 is 0 Å². The predicted octanol–water partition coefficient (Wildman–Crippen LogP) is 0.255. The topological polar surface area (TPSA) is 130 Å². The van der Waals surface area contributed by atoms with Gasteiger partial charge in [0.25, 0.3) is 10.1 Å². The highest BCUT2D eigenvalue weighted by Gasteiger charge is 2.19. The molecule has 1 aromatic rings. The molecule has 1 aromatic carbocycles. The van der Waals surface area contributed by atoms with Crippen LogP contribution in [0, 0.1) is 0 Å². The molecule has 0 saturated heterocycles. The number of rotatable bonds is 3. The van der Waals surface area contributed by atoms with Crippen molar-refractivity contribution in [2.24, 2.45) is 0 Å². The Morgan fingerprint density at radius 3 is 2.38 bits per heavy atom. The summed E-state index contributed by atoms with van der Waals surface area (Å²) in [5.41, 5.74) is 5.16. The molecular weight excluding hydrogens is 236 g/mol. The van der Waals surface area contributed by atoms with Gasteiger partial charge in [0, 0.05) is 7.05 Å². The Morgan fingerprint density at radius 2 is 2.00 bits per heavy atom. The number of carboxylic acids is 1. The lowest BCUT2D eigenvalue weighted by Crippen LogP contribution is -2.09. The van der Waals surface area contributed by atoms with Gasteiger partial charge in [-0.25, -0.2) is 4.79 Å². The van der Waals surface area contributed by atoms with Crippen molar-refractivity contribution in [2.75, 3.05) is 18.1 Å². The quantitative estimate of drug-likeness (QED) is 0.444. The molecule has 1 rings (SSSR count). The van der Waals surface area contributed by atoms with Crippen LogP contribution in [0.1, 0.15) is 10.4 Å². The summed E-state index contributed by atoms with van der Waals surface area (Å²) in [6.07, 6.45) is 0. The average molecular weight is 246 g/mol. The molecule has 5 N–H and O–H groups in total. The summed E-state index contributed by atoms with van der Waals surface area (Å²) < 4.78 is 30.5. The zero-order valence-corrected chi connectivity index (χ0v) is 9.08.